The third-order valence-corrected chi connectivity index (χ3v) is 5.31. The fourth-order valence-electron chi connectivity index (χ4n) is 3.52. The number of likely N-dealkylation sites (N-methyl/N-ethyl adjacent to an activating group) is 1. The molecule has 3 amide bonds. The van der Waals surface area contributed by atoms with Gasteiger partial charge in [0.15, 0.2) is 11.8 Å². The Hall–Kier alpha value is -2.94. The number of amides is 3. The van der Waals surface area contributed by atoms with E-state index in [4.69, 9.17) is 0 Å². The molecule has 0 bridgehead atoms. The summed E-state index contributed by atoms with van der Waals surface area (Å²) in [5.41, 5.74) is 3.89. The molecule has 1 heterocycles. The van der Waals surface area contributed by atoms with Crippen molar-refractivity contribution in [3.63, 3.8) is 0 Å². The Morgan fingerprint density at radius 2 is 1.88 bits per heavy atom. The van der Waals surface area contributed by atoms with Gasteiger partial charge in [-0.15, -0.1) is 0 Å². The van der Waals surface area contributed by atoms with Crippen LogP contribution in [0.3, 0.4) is 0 Å². The molecular weight excluding hydrogens is 433 g/mol. The van der Waals surface area contributed by atoms with Crippen LogP contribution in [-0.4, -0.2) is 46.8 Å². The fraction of sp³-hybridized carbons (Fsp3) is 0.250. The van der Waals surface area contributed by atoms with Crippen molar-refractivity contribution in [2.24, 2.45) is 0 Å². The molecule has 0 saturated heterocycles. The second kappa shape index (κ2) is 11.8. The van der Waals surface area contributed by atoms with E-state index in [9.17, 15) is 24.3 Å². The predicted octanol–water partition coefficient (Wildman–Crippen LogP) is -0.559. The van der Waals surface area contributed by atoms with Crippen molar-refractivity contribution in [1.82, 2.24) is 15.5 Å². The van der Waals surface area contributed by atoms with Gasteiger partial charge in [0.05, 0.1) is 12.5 Å². The number of carbonyl (C=O) groups is 4. The van der Waals surface area contributed by atoms with E-state index in [1.54, 1.807) is 6.07 Å². The van der Waals surface area contributed by atoms with Gasteiger partial charge < -0.3 is 22.1 Å². The van der Waals surface area contributed by atoms with Crippen LogP contribution in [0.15, 0.2) is 60.8 Å². The molecule has 0 spiro atoms. The molecule has 168 valence electrons. The first-order valence-electron chi connectivity index (χ1n) is 10.2. The van der Waals surface area contributed by atoms with Crippen molar-refractivity contribution in [2.75, 3.05) is 7.05 Å². The number of nitrogens with zero attached hydrogens (tertiary/aromatic N) is 1. The summed E-state index contributed by atoms with van der Waals surface area (Å²) in [7, 11) is 1.48. The van der Waals surface area contributed by atoms with Crippen LogP contribution in [-0.2, 0) is 20.8 Å². The molecule has 33 heavy (non-hydrogen) atoms. The Morgan fingerprint density at radius 1 is 1.15 bits per heavy atom. The number of hydrogen-bond acceptors (Lipinski definition) is 4. The number of nitrogens with one attached hydrogen (secondary N) is 2. The second-order valence-corrected chi connectivity index (χ2v) is 7.72. The molecule has 3 rings (SSSR count). The minimum Gasteiger partial charge on any atom is -1.00 e. The summed E-state index contributed by atoms with van der Waals surface area (Å²) < 4.78 is 0. The Morgan fingerprint density at radius 3 is 2.58 bits per heavy atom. The van der Waals surface area contributed by atoms with Crippen LogP contribution in [0.2, 0.25) is 0 Å². The maximum Gasteiger partial charge on any atom is 1.00 e. The Balaban J connectivity index is 0.00000289. The van der Waals surface area contributed by atoms with Crippen LogP contribution >= 0.6 is 0 Å². The van der Waals surface area contributed by atoms with Crippen molar-refractivity contribution in [2.45, 2.75) is 31.8 Å². The number of ketones is 1. The van der Waals surface area contributed by atoms with E-state index < -0.39 is 35.8 Å². The maximum absolute atomic E-state index is 12.5. The minimum absolute atomic E-state index is 0. The summed E-state index contributed by atoms with van der Waals surface area (Å²) in [6.07, 6.45) is 2.84. The van der Waals surface area contributed by atoms with Crippen molar-refractivity contribution in [1.29, 1.82) is 0 Å². The molecule has 1 aliphatic heterocycles. The smallest absolute Gasteiger partial charge is 1.00 e. The first-order valence-corrected chi connectivity index (χ1v) is 10.2. The third kappa shape index (κ3) is 7.02. The molecule has 2 atom stereocenters. The van der Waals surface area contributed by atoms with Crippen molar-refractivity contribution >= 4 is 23.7 Å². The molecule has 0 saturated carbocycles. The van der Waals surface area contributed by atoms with Crippen LogP contribution in [0, 0.1) is 6.92 Å². The van der Waals surface area contributed by atoms with Gasteiger partial charge in [-0.05, 0) is 35.6 Å². The predicted molar refractivity (Wildman–Crippen MR) is 119 cm³/mol. The summed E-state index contributed by atoms with van der Waals surface area (Å²) in [6.45, 7) is 2.03. The third-order valence-electron chi connectivity index (χ3n) is 5.31. The number of aryl methyl sites for hydroxylation is 1. The summed E-state index contributed by atoms with van der Waals surface area (Å²) in [6, 6.07) is 12.4. The van der Waals surface area contributed by atoms with Crippen LogP contribution in [0.5, 0.6) is 0 Å². The van der Waals surface area contributed by atoms with Gasteiger partial charge in [-0.1, -0.05) is 48.5 Å². The molecule has 3 N–H and O–H groups in total. The number of carboxylic acid groups (broad SMARTS) is 1. The van der Waals surface area contributed by atoms with Crippen molar-refractivity contribution in [3.8, 4) is 0 Å². The number of rotatable bonds is 7. The van der Waals surface area contributed by atoms with Gasteiger partial charge in [0.2, 0.25) is 0 Å². The summed E-state index contributed by atoms with van der Waals surface area (Å²) >= 11 is 0. The SMILES string of the molecule is Cc1ccccc1Cc1cccc([C@H](CC(=O)O)NC(=O)NC2C(=O)C=CN(C)C2=O)c1.[H-].[Na+]. The molecule has 0 aliphatic carbocycles. The zero-order valence-corrected chi connectivity index (χ0v) is 20.9. The molecule has 8 nitrogen and oxygen atoms in total. The number of hydrogen-bond donors (Lipinski definition) is 3. The van der Waals surface area contributed by atoms with E-state index in [0.29, 0.717) is 12.0 Å². The second-order valence-electron chi connectivity index (χ2n) is 7.72. The first kappa shape index (κ1) is 26.3. The quantitative estimate of drug-likeness (QED) is 0.379. The zero-order valence-electron chi connectivity index (χ0n) is 19.9. The number of carboxylic acids is 1. The van der Waals surface area contributed by atoms with Crippen molar-refractivity contribution in [3.05, 3.63) is 83.1 Å². The van der Waals surface area contributed by atoms with Gasteiger partial charge in [0, 0.05) is 19.3 Å². The van der Waals surface area contributed by atoms with E-state index in [2.05, 4.69) is 10.6 Å². The maximum atomic E-state index is 12.5. The van der Waals surface area contributed by atoms with Crippen LogP contribution < -0.4 is 40.2 Å². The molecule has 0 radical (unpaired) electrons. The molecule has 0 aromatic heterocycles. The zero-order chi connectivity index (χ0) is 23.3. The summed E-state index contributed by atoms with van der Waals surface area (Å²) in [5, 5.41) is 14.3. The first-order chi connectivity index (χ1) is 15.2. The number of carbonyl (C=O) groups excluding carboxylic acids is 3. The molecule has 1 unspecified atom stereocenters. The monoisotopic (exact) mass is 459 g/mol. The van der Waals surface area contributed by atoms with Gasteiger partial charge in [-0.25, -0.2) is 4.79 Å². The van der Waals surface area contributed by atoms with E-state index in [1.165, 1.54) is 24.2 Å². The Kier molecular flexibility index (Phi) is 9.40. The standard InChI is InChI=1S/C24H25N3O5.Na.H/c1-15-6-3-4-8-17(15)12-16-7-5-9-18(13-16)19(14-21(29)30)25-24(32)26-22-20(28)10-11-27(2)23(22)31;;/h3-11,13,19,22H,12,14H2,1-2H3,(H,29,30)(H2,25,26,32);;/q;+1;-1/t19-,22?;;/m0../s1. The Labute approximate surface area is 215 Å². The number of benzene rings is 2. The van der Waals surface area contributed by atoms with E-state index in [0.717, 1.165) is 16.7 Å². The largest absolute Gasteiger partial charge is 1.00 e. The van der Waals surface area contributed by atoms with Gasteiger partial charge >= 0.3 is 41.6 Å². The number of aliphatic carboxylic acids is 1. The van der Waals surface area contributed by atoms with Gasteiger partial charge in [0.25, 0.3) is 5.91 Å². The van der Waals surface area contributed by atoms with Crippen LogP contribution in [0.4, 0.5) is 4.79 Å². The average Bonchev–Trinajstić information content (AvgIpc) is 2.75. The molecule has 9 heteroatoms. The Bertz CT molecular complexity index is 1090. The van der Waals surface area contributed by atoms with Gasteiger partial charge in [-0.2, -0.15) is 0 Å². The normalized spacial score (nSPS) is 16.1. The van der Waals surface area contributed by atoms with E-state index >= 15 is 0 Å². The molecule has 0 fully saturated rings. The molecular formula is C24H26N3NaO5. The van der Waals surface area contributed by atoms with E-state index in [-0.39, 0.29) is 37.4 Å². The summed E-state index contributed by atoms with van der Waals surface area (Å²) in [5.74, 6) is -2.20. The molecule has 1 aliphatic rings. The van der Waals surface area contributed by atoms with Crippen molar-refractivity contribution < 1.29 is 55.3 Å². The average molecular weight is 459 g/mol. The topological polar surface area (TPSA) is 116 Å². The van der Waals surface area contributed by atoms with E-state index in [1.807, 2.05) is 49.4 Å². The minimum atomic E-state index is -1.34. The van der Waals surface area contributed by atoms with Gasteiger partial charge in [0.1, 0.15) is 0 Å². The van der Waals surface area contributed by atoms with Gasteiger partial charge in [-0.3, -0.25) is 14.4 Å². The molecule has 2 aromatic carbocycles. The molecule has 2 aromatic rings. The van der Waals surface area contributed by atoms with Crippen LogP contribution in [0.25, 0.3) is 0 Å². The fourth-order valence-corrected chi connectivity index (χ4v) is 3.52. The number of urea groups is 1. The van der Waals surface area contributed by atoms with Crippen LogP contribution in [0.1, 0.15) is 36.1 Å². The summed E-state index contributed by atoms with van der Waals surface area (Å²) in [4.78, 5) is 49.3.